The summed E-state index contributed by atoms with van der Waals surface area (Å²) in [5, 5.41) is 13.1. The largest absolute Gasteiger partial charge is 0.356 e. The van der Waals surface area contributed by atoms with Gasteiger partial charge in [-0.2, -0.15) is 0 Å². The number of thiophene rings is 1. The number of rotatable bonds is 3. The van der Waals surface area contributed by atoms with E-state index >= 15 is 0 Å². The van der Waals surface area contributed by atoms with Crippen molar-refractivity contribution in [2.24, 2.45) is 0 Å². The van der Waals surface area contributed by atoms with Gasteiger partial charge in [0.2, 0.25) is 5.13 Å². The molecule has 0 atom stereocenters. The summed E-state index contributed by atoms with van der Waals surface area (Å²) in [5.74, 6) is 0.783. The van der Waals surface area contributed by atoms with Gasteiger partial charge in [0.25, 0.3) is 5.91 Å². The molecule has 4 heterocycles. The zero-order valence-corrected chi connectivity index (χ0v) is 15.7. The Morgan fingerprint density at radius 2 is 1.92 bits per heavy atom. The van der Waals surface area contributed by atoms with Crippen molar-refractivity contribution in [1.29, 1.82) is 0 Å². The lowest BCUT2D eigenvalue weighted by molar-refractivity contribution is 0.103. The number of aromatic nitrogens is 4. The minimum absolute atomic E-state index is 0.166. The second-order valence-electron chi connectivity index (χ2n) is 6.06. The van der Waals surface area contributed by atoms with Crippen molar-refractivity contribution in [2.45, 2.75) is 33.1 Å². The van der Waals surface area contributed by atoms with Gasteiger partial charge in [-0.1, -0.05) is 11.3 Å². The van der Waals surface area contributed by atoms with Crippen LogP contribution in [-0.2, 0) is 0 Å². The van der Waals surface area contributed by atoms with Crippen LogP contribution in [-0.4, -0.2) is 39.2 Å². The molecule has 0 saturated carbocycles. The molecule has 0 aliphatic carbocycles. The highest BCUT2D eigenvalue weighted by atomic mass is 32.1. The third kappa shape index (κ3) is 3.09. The van der Waals surface area contributed by atoms with E-state index in [0.29, 0.717) is 10.0 Å². The molecule has 130 valence electrons. The van der Waals surface area contributed by atoms with E-state index in [4.69, 9.17) is 0 Å². The van der Waals surface area contributed by atoms with Gasteiger partial charge in [-0.15, -0.1) is 21.5 Å². The minimum Gasteiger partial charge on any atom is -0.356 e. The molecule has 1 fully saturated rings. The SMILES string of the molecule is Cc1nnc(NC(=O)c2sc3ncnc(N4CCCCC4)c3c2C)s1. The summed E-state index contributed by atoms with van der Waals surface area (Å²) in [4.78, 5) is 25.4. The molecule has 3 aromatic heterocycles. The highest BCUT2D eigenvalue weighted by Gasteiger charge is 2.23. The van der Waals surface area contributed by atoms with Crippen molar-refractivity contribution >= 4 is 49.7 Å². The minimum atomic E-state index is -0.166. The van der Waals surface area contributed by atoms with E-state index in [2.05, 4.69) is 30.4 Å². The smallest absolute Gasteiger partial charge is 0.267 e. The maximum absolute atomic E-state index is 12.7. The summed E-state index contributed by atoms with van der Waals surface area (Å²) in [6, 6.07) is 0. The first kappa shape index (κ1) is 16.3. The van der Waals surface area contributed by atoms with Crippen LogP contribution in [0.25, 0.3) is 10.2 Å². The number of piperidine rings is 1. The first-order valence-corrected chi connectivity index (χ1v) is 9.87. The average molecular weight is 374 g/mol. The highest BCUT2D eigenvalue weighted by molar-refractivity contribution is 7.21. The number of aryl methyl sites for hydroxylation is 2. The van der Waals surface area contributed by atoms with Gasteiger partial charge in [0.05, 0.1) is 10.3 Å². The molecule has 0 bridgehead atoms. The number of nitrogens with zero attached hydrogens (tertiary/aromatic N) is 5. The highest BCUT2D eigenvalue weighted by Crippen LogP contribution is 2.36. The number of carbonyl (C=O) groups excluding carboxylic acids is 1. The lowest BCUT2D eigenvalue weighted by Gasteiger charge is -2.28. The van der Waals surface area contributed by atoms with Crippen molar-refractivity contribution in [3.8, 4) is 0 Å². The Balaban J connectivity index is 1.70. The molecule has 3 aromatic rings. The Labute approximate surface area is 153 Å². The first-order valence-electron chi connectivity index (χ1n) is 8.24. The third-order valence-corrected chi connectivity index (χ3v) is 6.27. The molecule has 1 N–H and O–H groups in total. The van der Waals surface area contributed by atoms with Crippen LogP contribution in [0.1, 0.15) is 39.5 Å². The molecule has 25 heavy (non-hydrogen) atoms. The zero-order chi connectivity index (χ0) is 17.4. The molecule has 1 saturated heterocycles. The molecular formula is C16H18N6OS2. The fraction of sp³-hybridized carbons (Fsp3) is 0.438. The molecule has 1 aliphatic heterocycles. The summed E-state index contributed by atoms with van der Waals surface area (Å²) in [5.41, 5.74) is 0.930. The Kier molecular flexibility index (Phi) is 4.34. The fourth-order valence-corrected chi connectivity index (χ4v) is 4.74. The van der Waals surface area contributed by atoms with E-state index in [9.17, 15) is 4.79 Å². The second-order valence-corrected chi connectivity index (χ2v) is 8.24. The fourth-order valence-electron chi connectivity index (χ4n) is 3.12. The van der Waals surface area contributed by atoms with E-state index in [1.165, 1.54) is 41.9 Å². The van der Waals surface area contributed by atoms with E-state index < -0.39 is 0 Å². The first-order chi connectivity index (χ1) is 12.1. The molecule has 0 unspecified atom stereocenters. The molecule has 7 nitrogen and oxygen atoms in total. The van der Waals surface area contributed by atoms with Gasteiger partial charge in [0.1, 0.15) is 22.0 Å². The second kappa shape index (κ2) is 6.64. The van der Waals surface area contributed by atoms with Crippen LogP contribution in [0.4, 0.5) is 10.9 Å². The summed E-state index contributed by atoms with van der Waals surface area (Å²) in [6.45, 7) is 5.84. The lowest BCUT2D eigenvalue weighted by Crippen LogP contribution is -2.30. The van der Waals surface area contributed by atoms with E-state index in [-0.39, 0.29) is 5.91 Å². The van der Waals surface area contributed by atoms with Crippen molar-refractivity contribution in [3.63, 3.8) is 0 Å². The zero-order valence-electron chi connectivity index (χ0n) is 14.1. The Morgan fingerprint density at radius 1 is 1.12 bits per heavy atom. The number of nitrogens with one attached hydrogen (secondary N) is 1. The van der Waals surface area contributed by atoms with E-state index in [1.54, 1.807) is 6.33 Å². The summed E-state index contributed by atoms with van der Waals surface area (Å²) < 4.78 is 0. The monoisotopic (exact) mass is 374 g/mol. The van der Waals surface area contributed by atoms with Gasteiger partial charge in [0, 0.05) is 13.1 Å². The van der Waals surface area contributed by atoms with Gasteiger partial charge in [-0.25, -0.2) is 9.97 Å². The molecule has 0 spiro atoms. The Morgan fingerprint density at radius 3 is 2.64 bits per heavy atom. The molecule has 1 aliphatic rings. The average Bonchev–Trinajstić information content (AvgIpc) is 3.19. The quantitative estimate of drug-likeness (QED) is 0.756. The number of carbonyl (C=O) groups is 1. The summed E-state index contributed by atoms with van der Waals surface area (Å²) in [6.07, 6.45) is 5.22. The number of fused-ring (bicyclic) bond motifs is 1. The van der Waals surface area contributed by atoms with Crippen LogP contribution in [0, 0.1) is 13.8 Å². The number of hydrogen-bond acceptors (Lipinski definition) is 8. The van der Waals surface area contributed by atoms with Gasteiger partial charge in [-0.05, 0) is 38.7 Å². The van der Waals surface area contributed by atoms with Gasteiger partial charge in [0.15, 0.2) is 0 Å². The normalized spacial score (nSPS) is 14.9. The van der Waals surface area contributed by atoms with Crippen LogP contribution >= 0.6 is 22.7 Å². The predicted molar refractivity (Wildman–Crippen MR) is 101 cm³/mol. The third-order valence-electron chi connectivity index (χ3n) is 4.32. The van der Waals surface area contributed by atoms with Crippen LogP contribution in [0.5, 0.6) is 0 Å². The maximum atomic E-state index is 12.7. The van der Waals surface area contributed by atoms with Gasteiger partial charge >= 0.3 is 0 Å². The number of hydrogen-bond donors (Lipinski definition) is 1. The van der Waals surface area contributed by atoms with Crippen molar-refractivity contribution in [1.82, 2.24) is 20.2 Å². The van der Waals surface area contributed by atoms with Crippen LogP contribution < -0.4 is 10.2 Å². The van der Waals surface area contributed by atoms with Crippen molar-refractivity contribution < 1.29 is 4.79 Å². The Hall–Kier alpha value is -2.13. The predicted octanol–water partition coefficient (Wildman–Crippen LogP) is 3.40. The number of amides is 1. The Bertz CT molecular complexity index is 928. The summed E-state index contributed by atoms with van der Waals surface area (Å²) in [7, 11) is 0. The van der Waals surface area contributed by atoms with Gasteiger partial charge < -0.3 is 4.90 Å². The van der Waals surface area contributed by atoms with Crippen molar-refractivity contribution in [3.05, 3.63) is 21.8 Å². The molecular weight excluding hydrogens is 356 g/mol. The van der Waals surface area contributed by atoms with E-state index in [1.807, 2.05) is 13.8 Å². The van der Waals surface area contributed by atoms with E-state index in [0.717, 1.165) is 39.7 Å². The van der Waals surface area contributed by atoms with Crippen LogP contribution in [0.3, 0.4) is 0 Å². The lowest BCUT2D eigenvalue weighted by atomic mass is 10.1. The van der Waals surface area contributed by atoms with Crippen LogP contribution in [0.2, 0.25) is 0 Å². The molecule has 0 aromatic carbocycles. The molecule has 1 amide bonds. The van der Waals surface area contributed by atoms with Crippen LogP contribution in [0.15, 0.2) is 6.33 Å². The van der Waals surface area contributed by atoms with Crippen molar-refractivity contribution in [2.75, 3.05) is 23.3 Å². The molecule has 4 rings (SSSR count). The standard InChI is InChI=1S/C16H18N6OS2/c1-9-11-13(22-6-4-3-5-7-22)17-8-18-15(11)25-12(9)14(23)19-16-21-20-10(2)24-16/h8H,3-7H2,1-2H3,(H,19,21,23). The molecule has 0 radical (unpaired) electrons. The topological polar surface area (TPSA) is 83.9 Å². The van der Waals surface area contributed by atoms with Gasteiger partial charge in [-0.3, -0.25) is 10.1 Å². The number of anilines is 2. The summed E-state index contributed by atoms with van der Waals surface area (Å²) >= 11 is 2.77. The molecule has 9 heteroatoms. The maximum Gasteiger partial charge on any atom is 0.267 e.